The first-order valence-corrected chi connectivity index (χ1v) is 5.03. The smallest absolute Gasteiger partial charge is 0.234 e. The standard InChI is InChI=1S/C9H12ClN3O3/c1-16-8-5-6(10)11-9(13-8)12-7(15)3-2-4-14/h5,14H,2-4H2,1H3,(H,11,12,13,15). The number of aliphatic hydroxyl groups is 1. The van der Waals surface area contributed by atoms with Gasteiger partial charge >= 0.3 is 0 Å². The lowest BCUT2D eigenvalue weighted by Gasteiger charge is -2.05. The third kappa shape index (κ3) is 4.00. The van der Waals surface area contributed by atoms with Crippen LogP contribution in [0.2, 0.25) is 5.15 Å². The third-order valence-corrected chi connectivity index (χ3v) is 1.89. The highest BCUT2D eigenvalue weighted by Crippen LogP contribution is 2.15. The van der Waals surface area contributed by atoms with Crippen molar-refractivity contribution in [3.8, 4) is 5.88 Å². The van der Waals surface area contributed by atoms with Crippen LogP contribution in [0.3, 0.4) is 0 Å². The number of hydrogen-bond acceptors (Lipinski definition) is 5. The maximum Gasteiger partial charge on any atom is 0.234 e. The van der Waals surface area contributed by atoms with E-state index in [1.165, 1.54) is 13.2 Å². The Morgan fingerprint density at radius 2 is 2.38 bits per heavy atom. The van der Waals surface area contributed by atoms with E-state index in [2.05, 4.69) is 15.3 Å². The van der Waals surface area contributed by atoms with Crippen molar-refractivity contribution in [1.82, 2.24) is 9.97 Å². The zero-order valence-electron chi connectivity index (χ0n) is 8.73. The van der Waals surface area contributed by atoms with E-state index in [4.69, 9.17) is 21.4 Å². The van der Waals surface area contributed by atoms with Crippen LogP contribution in [0.4, 0.5) is 5.95 Å². The lowest BCUT2D eigenvalue weighted by molar-refractivity contribution is -0.116. The van der Waals surface area contributed by atoms with E-state index in [0.29, 0.717) is 6.42 Å². The molecule has 6 nitrogen and oxygen atoms in total. The minimum absolute atomic E-state index is 0.0346. The van der Waals surface area contributed by atoms with Crippen molar-refractivity contribution in [2.45, 2.75) is 12.8 Å². The Morgan fingerprint density at radius 1 is 1.62 bits per heavy atom. The molecule has 0 aliphatic heterocycles. The summed E-state index contributed by atoms with van der Waals surface area (Å²) in [5, 5.41) is 11.2. The summed E-state index contributed by atoms with van der Waals surface area (Å²) in [4.78, 5) is 19.0. The van der Waals surface area contributed by atoms with Crippen LogP contribution in [-0.4, -0.2) is 34.7 Å². The number of ether oxygens (including phenoxy) is 1. The Morgan fingerprint density at radius 3 is 3.00 bits per heavy atom. The molecule has 0 unspecified atom stereocenters. The van der Waals surface area contributed by atoms with Crippen molar-refractivity contribution in [2.24, 2.45) is 0 Å². The molecule has 1 rings (SSSR count). The minimum Gasteiger partial charge on any atom is -0.481 e. The molecule has 88 valence electrons. The number of aromatic nitrogens is 2. The van der Waals surface area contributed by atoms with Gasteiger partial charge in [-0.2, -0.15) is 4.98 Å². The van der Waals surface area contributed by atoms with Gasteiger partial charge in [-0.1, -0.05) is 11.6 Å². The number of anilines is 1. The molecule has 0 saturated heterocycles. The van der Waals surface area contributed by atoms with Crippen molar-refractivity contribution >= 4 is 23.5 Å². The number of carbonyl (C=O) groups is 1. The monoisotopic (exact) mass is 245 g/mol. The number of halogens is 1. The molecule has 16 heavy (non-hydrogen) atoms. The van der Waals surface area contributed by atoms with Crippen molar-refractivity contribution in [2.75, 3.05) is 19.0 Å². The molecule has 2 N–H and O–H groups in total. The molecule has 0 aromatic carbocycles. The zero-order valence-corrected chi connectivity index (χ0v) is 9.49. The van der Waals surface area contributed by atoms with Crippen molar-refractivity contribution < 1.29 is 14.6 Å². The van der Waals surface area contributed by atoms with Gasteiger partial charge in [-0.25, -0.2) is 4.98 Å². The number of carbonyl (C=O) groups excluding carboxylic acids is 1. The van der Waals surface area contributed by atoms with Gasteiger partial charge in [0.25, 0.3) is 0 Å². The van der Waals surface area contributed by atoms with Crippen LogP contribution >= 0.6 is 11.6 Å². The Hall–Kier alpha value is -1.40. The number of aliphatic hydroxyl groups excluding tert-OH is 1. The summed E-state index contributed by atoms with van der Waals surface area (Å²) in [6.07, 6.45) is 0.595. The second-order valence-electron chi connectivity index (χ2n) is 2.93. The molecule has 0 saturated carbocycles. The Labute approximate surface area is 97.6 Å². The normalized spacial score (nSPS) is 9.94. The molecule has 0 spiro atoms. The van der Waals surface area contributed by atoms with E-state index >= 15 is 0 Å². The van der Waals surface area contributed by atoms with E-state index in [9.17, 15) is 4.79 Å². The molecule has 0 aliphatic rings. The highest BCUT2D eigenvalue weighted by atomic mass is 35.5. The van der Waals surface area contributed by atoms with E-state index in [0.717, 1.165) is 0 Å². The molecule has 0 fully saturated rings. The number of methoxy groups -OCH3 is 1. The van der Waals surface area contributed by atoms with Gasteiger partial charge in [-0.3, -0.25) is 10.1 Å². The van der Waals surface area contributed by atoms with Gasteiger partial charge < -0.3 is 9.84 Å². The first-order valence-electron chi connectivity index (χ1n) is 4.65. The van der Waals surface area contributed by atoms with Crippen molar-refractivity contribution in [1.29, 1.82) is 0 Å². The highest BCUT2D eigenvalue weighted by molar-refractivity contribution is 6.29. The molecule has 0 radical (unpaired) electrons. The number of nitrogens with zero attached hydrogens (tertiary/aromatic N) is 2. The minimum atomic E-state index is -0.279. The average molecular weight is 246 g/mol. The van der Waals surface area contributed by atoms with Gasteiger partial charge in [0, 0.05) is 19.1 Å². The molecule has 0 aliphatic carbocycles. The maximum atomic E-state index is 11.3. The van der Waals surface area contributed by atoms with E-state index in [-0.39, 0.29) is 35.9 Å². The topological polar surface area (TPSA) is 84.3 Å². The van der Waals surface area contributed by atoms with Crippen LogP contribution in [0, 0.1) is 0 Å². The predicted octanol–water partition coefficient (Wildman–Crippen LogP) is 0.850. The summed E-state index contributed by atoms with van der Waals surface area (Å²) in [5.74, 6) is 0.0862. The Kier molecular flexibility index (Phi) is 4.94. The van der Waals surface area contributed by atoms with E-state index < -0.39 is 0 Å². The van der Waals surface area contributed by atoms with Gasteiger partial charge in [0.1, 0.15) is 5.15 Å². The second kappa shape index (κ2) is 6.24. The van der Waals surface area contributed by atoms with Gasteiger partial charge in [-0.05, 0) is 6.42 Å². The second-order valence-corrected chi connectivity index (χ2v) is 3.32. The fraction of sp³-hybridized carbons (Fsp3) is 0.444. The van der Waals surface area contributed by atoms with Gasteiger partial charge in [-0.15, -0.1) is 0 Å². The molecule has 0 atom stereocenters. The molecule has 1 aromatic heterocycles. The summed E-state index contributed by atoms with van der Waals surface area (Å²) in [5.41, 5.74) is 0. The fourth-order valence-corrected chi connectivity index (χ4v) is 1.16. The molecule has 1 heterocycles. The number of rotatable bonds is 5. The SMILES string of the molecule is COc1cc(Cl)nc(NC(=O)CCCO)n1. The lowest BCUT2D eigenvalue weighted by Crippen LogP contribution is -2.14. The average Bonchev–Trinajstić information content (AvgIpc) is 2.25. The fourth-order valence-electron chi connectivity index (χ4n) is 0.984. The number of hydrogen-bond donors (Lipinski definition) is 2. The van der Waals surface area contributed by atoms with Crippen LogP contribution in [0.15, 0.2) is 6.07 Å². The first-order chi connectivity index (χ1) is 7.65. The maximum absolute atomic E-state index is 11.3. The largest absolute Gasteiger partial charge is 0.481 e. The van der Waals surface area contributed by atoms with Crippen molar-refractivity contribution in [3.05, 3.63) is 11.2 Å². The molecule has 1 aromatic rings. The summed E-state index contributed by atoms with van der Waals surface area (Å²) in [7, 11) is 1.44. The zero-order chi connectivity index (χ0) is 12.0. The third-order valence-electron chi connectivity index (χ3n) is 1.69. The summed E-state index contributed by atoms with van der Waals surface area (Å²) >= 11 is 5.69. The summed E-state index contributed by atoms with van der Waals surface area (Å²) < 4.78 is 4.87. The van der Waals surface area contributed by atoms with Crippen LogP contribution < -0.4 is 10.1 Å². The number of nitrogens with one attached hydrogen (secondary N) is 1. The molecule has 7 heteroatoms. The van der Waals surface area contributed by atoms with Crippen LogP contribution in [-0.2, 0) is 4.79 Å². The Balaban J connectivity index is 2.65. The quantitative estimate of drug-likeness (QED) is 0.752. The van der Waals surface area contributed by atoms with E-state index in [1.807, 2.05) is 0 Å². The summed E-state index contributed by atoms with van der Waals surface area (Å²) in [6, 6.07) is 1.44. The highest BCUT2D eigenvalue weighted by Gasteiger charge is 2.07. The predicted molar refractivity (Wildman–Crippen MR) is 58.5 cm³/mol. The van der Waals surface area contributed by atoms with E-state index in [1.54, 1.807) is 0 Å². The van der Waals surface area contributed by atoms with Crippen LogP contribution in [0.5, 0.6) is 5.88 Å². The Bertz CT molecular complexity index is 373. The van der Waals surface area contributed by atoms with Crippen LogP contribution in [0.25, 0.3) is 0 Å². The number of amides is 1. The first kappa shape index (κ1) is 12.7. The molecular weight excluding hydrogens is 234 g/mol. The summed E-state index contributed by atoms with van der Waals surface area (Å²) in [6.45, 7) is -0.0346. The van der Waals surface area contributed by atoms with Gasteiger partial charge in [0.05, 0.1) is 7.11 Å². The molecule has 1 amide bonds. The van der Waals surface area contributed by atoms with Gasteiger partial charge in [0.15, 0.2) is 0 Å². The van der Waals surface area contributed by atoms with Crippen molar-refractivity contribution in [3.63, 3.8) is 0 Å². The lowest BCUT2D eigenvalue weighted by atomic mass is 10.3. The molecular formula is C9H12ClN3O3. The van der Waals surface area contributed by atoms with Crippen LogP contribution in [0.1, 0.15) is 12.8 Å². The van der Waals surface area contributed by atoms with Gasteiger partial charge in [0.2, 0.25) is 17.7 Å². The molecule has 0 bridgehead atoms.